The van der Waals surface area contributed by atoms with Crippen molar-refractivity contribution in [2.75, 3.05) is 6.26 Å². The van der Waals surface area contributed by atoms with E-state index in [1.54, 1.807) is 24.3 Å². The van der Waals surface area contributed by atoms with Crippen LogP contribution in [0.25, 0.3) is 0 Å². The Bertz CT molecular complexity index is 629. The fraction of sp³-hybridized carbons (Fsp3) is 0.0909. The molecule has 0 aliphatic heterocycles. The molecule has 1 aromatic carbocycles. The van der Waals surface area contributed by atoms with E-state index in [1.165, 1.54) is 12.2 Å². The van der Waals surface area contributed by atoms with Crippen molar-refractivity contribution in [3.8, 4) is 0 Å². The zero-order valence-electron chi connectivity index (χ0n) is 8.95. The van der Waals surface area contributed by atoms with Crippen LogP contribution in [-0.4, -0.2) is 26.2 Å². The smallest absolute Gasteiger partial charge is 0.289 e. The fourth-order valence-corrected chi connectivity index (χ4v) is 1.66. The van der Waals surface area contributed by atoms with Crippen molar-refractivity contribution in [3.63, 3.8) is 0 Å². The molecular formula is C11H9NO4S. The lowest BCUT2D eigenvalue weighted by Crippen LogP contribution is -2.13. The Morgan fingerprint density at radius 3 is 2.41 bits per heavy atom. The molecule has 0 aromatic heterocycles. The first kappa shape index (κ1) is 11.5. The van der Waals surface area contributed by atoms with Crippen molar-refractivity contribution in [2.45, 2.75) is 0 Å². The topological polar surface area (TPSA) is 72.8 Å². The van der Waals surface area contributed by atoms with E-state index in [4.69, 9.17) is 0 Å². The Labute approximate surface area is 98.5 Å². The highest BCUT2D eigenvalue weighted by Crippen LogP contribution is 2.17. The number of ketones is 1. The Morgan fingerprint density at radius 1 is 1.12 bits per heavy atom. The van der Waals surface area contributed by atoms with Gasteiger partial charge in [0.25, 0.3) is 0 Å². The maximum atomic E-state index is 11.5. The summed E-state index contributed by atoms with van der Waals surface area (Å²) in [4.78, 5) is 11.5. The molecule has 1 aliphatic rings. The molecule has 1 aliphatic carbocycles. The largest absolute Gasteiger partial charge is 0.325 e. The van der Waals surface area contributed by atoms with Gasteiger partial charge in [-0.2, -0.15) is 8.42 Å². The lowest BCUT2D eigenvalue weighted by Gasteiger charge is -2.10. The van der Waals surface area contributed by atoms with Gasteiger partial charge >= 0.3 is 10.1 Å². The summed E-state index contributed by atoms with van der Waals surface area (Å²) in [6.45, 7) is 0. The SMILES string of the molecule is CS(=O)(=O)ON=C1C=CC(=O)c2ccccc21. The molecule has 2 rings (SSSR count). The molecule has 0 radical (unpaired) electrons. The molecule has 17 heavy (non-hydrogen) atoms. The van der Waals surface area contributed by atoms with Crippen molar-refractivity contribution < 1.29 is 17.5 Å². The van der Waals surface area contributed by atoms with E-state index in [0.717, 1.165) is 6.26 Å². The summed E-state index contributed by atoms with van der Waals surface area (Å²) in [5.74, 6) is -0.140. The van der Waals surface area contributed by atoms with Crippen LogP contribution in [0.3, 0.4) is 0 Å². The predicted octanol–water partition coefficient (Wildman–Crippen LogP) is 1.12. The number of hydrogen-bond acceptors (Lipinski definition) is 5. The molecular weight excluding hydrogens is 242 g/mol. The lowest BCUT2D eigenvalue weighted by molar-refractivity contribution is 0.104. The summed E-state index contributed by atoms with van der Waals surface area (Å²) in [7, 11) is -3.65. The van der Waals surface area contributed by atoms with Gasteiger partial charge in [-0.3, -0.25) is 9.08 Å². The molecule has 0 saturated carbocycles. The van der Waals surface area contributed by atoms with Crippen molar-refractivity contribution >= 4 is 21.6 Å². The third-order valence-electron chi connectivity index (χ3n) is 2.13. The van der Waals surface area contributed by atoms with Gasteiger partial charge in [-0.25, -0.2) is 0 Å². The number of oxime groups is 1. The molecule has 0 atom stereocenters. The second kappa shape index (κ2) is 4.14. The summed E-state index contributed by atoms with van der Waals surface area (Å²) in [6.07, 6.45) is 3.66. The van der Waals surface area contributed by atoms with Crippen LogP contribution < -0.4 is 0 Å². The summed E-state index contributed by atoms with van der Waals surface area (Å²) in [5.41, 5.74) is 1.35. The van der Waals surface area contributed by atoms with Crippen LogP contribution >= 0.6 is 0 Å². The molecule has 0 N–H and O–H groups in total. The van der Waals surface area contributed by atoms with E-state index >= 15 is 0 Å². The normalized spacial score (nSPS) is 17.0. The minimum atomic E-state index is -3.65. The molecule has 0 saturated heterocycles. The van der Waals surface area contributed by atoms with Crippen molar-refractivity contribution in [1.29, 1.82) is 0 Å². The van der Waals surface area contributed by atoms with Gasteiger partial charge in [0.05, 0.1) is 6.26 Å². The van der Waals surface area contributed by atoms with E-state index < -0.39 is 10.1 Å². The molecule has 0 spiro atoms. The number of benzene rings is 1. The van der Waals surface area contributed by atoms with Crippen LogP contribution in [0.2, 0.25) is 0 Å². The number of carbonyl (C=O) groups excluding carboxylic acids is 1. The highest BCUT2D eigenvalue weighted by Gasteiger charge is 2.17. The monoisotopic (exact) mass is 251 g/mol. The van der Waals surface area contributed by atoms with E-state index in [1.807, 2.05) is 0 Å². The number of carbonyl (C=O) groups is 1. The number of hydrogen-bond donors (Lipinski definition) is 0. The third-order valence-corrected chi connectivity index (χ3v) is 2.48. The molecule has 1 aromatic rings. The highest BCUT2D eigenvalue weighted by molar-refractivity contribution is 7.85. The average Bonchev–Trinajstić information content (AvgIpc) is 2.27. The van der Waals surface area contributed by atoms with Crippen LogP contribution in [0.5, 0.6) is 0 Å². The van der Waals surface area contributed by atoms with E-state index in [2.05, 4.69) is 9.44 Å². The van der Waals surface area contributed by atoms with Gasteiger partial charge in [0.15, 0.2) is 5.78 Å². The number of nitrogens with zero attached hydrogens (tertiary/aromatic N) is 1. The standard InChI is InChI=1S/C11H9NO4S/c1-17(14,15)16-12-10-6-7-11(13)9-5-3-2-4-8(9)10/h2-7H,1H3. The van der Waals surface area contributed by atoms with Gasteiger partial charge in [-0.05, 0) is 12.2 Å². The molecule has 5 nitrogen and oxygen atoms in total. The van der Waals surface area contributed by atoms with Gasteiger partial charge in [0, 0.05) is 11.1 Å². The summed E-state index contributed by atoms with van der Waals surface area (Å²) < 4.78 is 26.0. The number of fused-ring (bicyclic) bond motifs is 1. The zero-order chi connectivity index (χ0) is 12.5. The maximum absolute atomic E-state index is 11.5. The molecule has 0 heterocycles. The van der Waals surface area contributed by atoms with E-state index in [0.29, 0.717) is 16.8 Å². The minimum absolute atomic E-state index is 0.140. The quantitative estimate of drug-likeness (QED) is 0.738. The van der Waals surface area contributed by atoms with Gasteiger partial charge in [0.1, 0.15) is 5.71 Å². The molecule has 0 amide bonds. The van der Waals surface area contributed by atoms with Crippen LogP contribution in [0.4, 0.5) is 0 Å². The molecule has 0 bridgehead atoms. The Morgan fingerprint density at radius 2 is 1.76 bits per heavy atom. The summed E-state index contributed by atoms with van der Waals surface area (Å²) >= 11 is 0. The van der Waals surface area contributed by atoms with Crippen LogP contribution in [0, 0.1) is 0 Å². The second-order valence-corrected chi connectivity index (χ2v) is 5.06. The second-order valence-electron chi connectivity index (χ2n) is 3.50. The molecule has 0 unspecified atom stereocenters. The van der Waals surface area contributed by atoms with Crippen molar-refractivity contribution in [3.05, 3.63) is 47.5 Å². The lowest BCUT2D eigenvalue weighted by atomic mass is 9.95. The fourth-order valence-electron chi connectivity index (χ4n) is 1.44. The van der Waals surface area contributed by atoms with Gasteiger partial charge < -0.3 is 0 Å². The molecule has 88 valence electrons. The van der Waals surface area contributed by atoms with Gasteiger partial charge in [-0.1, -0.05) is 29.4 Å². The predicted molar refractivity (Wildman–Crippen MR) is 62.4 cm³/mol. The van der Waals surface area contributed by atoms with Gasteiger partial charge in [-0.15, -0.1) is 0 Å². The Balaban J connectivity index is 2.45. The van der Waals surface area contributed by atoms with Crippen molar-refractivity contribution in [2.24, 2.45) is 5.16 Å². The van der Waals surface area contributed by atoms with Crippen LogP contribution in [0.15, 0.2) is 41.6 Å². The summed E-state index contributed by atoms with van der Waals surface area (Å²) in [5, 5.41) is 3.52. The average molecular weight is 251 g/mol. The molecule has 0 fully saturated rings. The first-order valence-electron chi connectivity index (χ1n) is 4.76. The molecule has 6 heteroatoms. The Hall–Kier alpha value is -1.95. The highest BCUT2D eigenvalue weighted by atomic mass is 32.2. The van der Waals surface area contributed by atoms with Gasteiger partial charge in [0.2, 0.25) is 0 Å². The van der Waals surface area contributed by atoms with E-state index in [9.17, 15) is 13.2 Å². The van der Waals surface area contributed by atoms with Crippen LogP contribution in [0.1, 0.15) is 15.9 Å². The minimum Gasteiger partial charge on any atom is -0.289 e. The maximum Gasteiger partial charge on any atom is 0.325 e. The first-order chi connectivity index (χ1) is 7.97. The zero-order valence-corrected chi connectivity index (χ0v) is 9.77. The van der Waals surface area contributed by atoms with Crippen molar-refractivity contribution in [1.82, 2.24) is 0 Å². The Kier molecular flexibility index (Phi) is 2.81. The summed E-state index contributed by atoms with van der Waals surface area (Å²) in [6, 6.07) is 6.80. The first-order valence-corrected chi connectivity index (χ1v) is 6.57. The third kappa shape index (κ3) is 2.59. The van der Waals surface area contributed by atoms with Crippen LogP contribution in [-0.2, 0) is 14.4 Å². The number of allylic oxidation sites excluding steroid dienone is 2. The van der Waals surface area contributed by atoms with E-state index in [-0.39, 0.29) is 5.78 Å². The number of rotatable bonds is 2.